The van der Waals surface area contributed by atoms with Gasteiger partial charge in [-0.3, -0.25) is 0 Å². The highest BCUT2D eigenvalue weighted by molar-refractivity contribution is 7.99. The molecule has 7 nitrogen and oxygen atoms in total. The van der Waals surface area contributed by atoms with E-state index in [1.165, 1.54) is 0 Å². The Morgan fingerprint density at radius 1 is 1.50 bits per heavy atom. The average Bonchev–Trinajstić information content (AvgIpc) is 2.87. The van der Waals surface area contributed by atoms with Gasteiger partial charge in [0.2, 0.25) is 0 Å². The second kappa shape index (κ2) is 6.16. The summed E-state index contributed by atoms with van der Waals surface area (Å²) in [7, 11) is 0. The molecule has 0 amide bonds. The van der Waals surface area contributed by atoms with Gasteiger partial charge >= 0.3 is 11.9 Å². The minimum absolute atomic E-state index is 0.162. The Kier molecular flexibility index (Phi) is 4.32. The van der Waals surface area contributed by atoms with Gasteiger partial charge in [-0.25, -0.2) is 9.78 Å². The van der Waals surface area contributed by atoms with E-state index in [9.17, 15) is 4.79 Å². The Hall–Kier alpha value is -2.40. The summed E-state index contributed by atoms with van der Waals surface area (Å²) in [5, 5.41) is 16.9. The Labute approximate surface area is 119 Å². The predicted molar refractivity (Wildman–Crippen MR) is 68.1 cm³/mol. The standard InChI is InChI=1S/C12H10N4O3S/c1-3-18-11(17)10-15-16-12(19-10)20-9-5-8(6-13)4-7(2)14-9/h4-5H,3H2,1-2H3. The van der Waals surface area contributed by atoms with E-state index in [0.29, 0.717) is 16.3 Å². The number of carbonyl (C=O) groups is 1. The third-order valence-electron chi connectivity index (χ3n) is 2.11. The summed E-state index contributed by atoms with van der Waals surface area (Å²) >= 11 is 1.08. The molecule has 8 heteroatoms. The van der Waals surface area contributed by atoms with E-state index in [2.05, 4.69) is 15.2 Å². The summed E-state index contributed by atoms with van der Waals surface area (Å²) in [4.78, 5) is 15.6. The fourth-order valence-corrected chi connectivity index (χ4v) is 2.13. The van der Waals surface area contributed by atoms with Crippen LogP contribution >= 0.6 is 11.8 Å². The van der Waals surface area contributed by atoms with Crippen LogP contribution in [0.15, 0.2) is 26.8 Å². The molecule has 0 N–H and O–H groups in total. The molecule has 0 aliphatic heterocycles. The first-order chi connectivity index (χ1) is 9.62. The number of nitriles is 1. The second-order valence-corrected chi connectivity index (χ2v) is 4.61. The number of rotatable bonds is 4. The molecular weight excluding hydrogens is 280 g/mol. The quantitative estimate of drug-likeness (QED) is 0.787. The van der Waals surface area contributed by atoms with Crippen LogP contribution in [-0.4, -0.2) is 27.8 Å². The lowest BCUT2D eigenvalue weighted by Crippen LogP contribution is -2.04. The molecule has 2 aromatic heterocycles. The van der Waals surface area contributed by atoms with Crippen LogP contribution in [0.4, 0.5) is 0 Å². The van der Waals surface area contributed by atoms with Crippen LogP contribution in [0.1, 0.15) is 28.9 Å². The zero-order valence-electron chi connectivity index (χ0n) is 10.8. The molecule has 0 aliphatic rings. The molecule has 0 saturated carbocycles. The van der Waals surface area contributed by atoms with Crippen LogP contribution < -0.4 is 0 Å². The van der Waals surface area contributed by atoms with Crippen LogP contribution in [0, 0.1) is 18.3 Å². The molecule has 0 unspecified atom stereocenters. The minimum atomic E-state index is -0.665. The summed E-state index contributed by atoms with van der Waals surface area (Å²) in [5.74, 6) is -0.871. The number of hydrogen-bond donors (Lipinski definition) is 0. The maximum absolute atomic E-state index is 11.4. The van der Waals surface area contributed by atoms with E-state index in [4.69, 9.17) is 14.4 Å². The molecule has 0 radical (unpaired) electrons. The lowest BCUT2D eigenvalue weighted by Gasteiger charge is -1.99. The minimum Gasteiger partial charge on any atom is -0.459 e. The third-order valence-corrected chi connectivity index (χ3v) is 2.87. The van der Waals surface area contributed by atoms with Crippen LogP contribution in [0.2, 0.25) is 0 Å². The van der Waals surface area contributed by atoms with E-state index < -0.39 is 5.97 Å². The number of hydrogen-bond acceptors (Lipinski definition) is 8. The zero-order chi connectivity index (χ0) is 14.5. The van der Waals surface area contributed by atoms with Gasteiger partial charge in [0.1, 0.15) is 5.03 Å². The largest absolute Gasteiger partial charge is 0.459 e. The van der Waals surface area contributed by atoms with Crippen molar-refractivity contribution < 1.29 is 13.9 Å². The first-order valence-electron chi connectivity index (χ1n) is 5.69. The highest BCUT2D eigenvalue weighted by Crippen LogP contribution is 2.25. The number of aromatic nitrogens is 3. The Morgan fingerprint density at radius 3 is 3.00 bits per heavy atom. The molecule has 2 heterocycles. The Morgan fingerprint density at radius 2 is 2.30 bits per heavy atom. The fourth-order valence-electron chi connectivity index (χ4n) is 1.37. The Balaban J connectivity index is 2.17. The summed E-state index contributed by atoms with van der Waals surface area (Å²) in [6.45, 7) is 3.70. The number of esters is 1. The molecule has 0 atom stereocenters. The highest BCUT2D eigenvalue weighted by Gasteiger charge is 2.17. The molecule has 20 heavy (non-hydrogen) atoms. The molecule has 2 rings (SSSR count). The highest BCUT2D eigenvalue weighted by atomic mass is 32.2. The van der Waals surface area contributed by atoms with Gasteiger partial charge in [0, 0.05) is 5.69 Å². The van der Waals surface area contributed by atoms with Gasteiger partial charge in [0.05, 0.1) is 18.2 Å². The number of nitrogens with zero attached hydrogens (tertiary/aromatic N) is 4. The average molecular weight is 290 g/mol. The molecule has 0 spiro atoms. The molecule has 102 valence electrons. The van der Waals surface area contributed by atoms with Crippen molar-refractivity contribution in [3.63, 3.8) is 0 Å². The normalized spacial score (nSPS) is 10.1. The fraction of sp³-hybridized carbons (Fsp3) is 0.250. The van der Waals surface area contributed by atoms with Crippen LogP contribution in [-0.2, 0) is 4.74 Å². The topological polar surface area (TPSA) is 102 Å². The molecule has 0 aliphatic carbocycles. The third kappa shape index (κ3) is 3.33. The van der Waals surface area contributed by atoms with E-state index in [0.717, 1.165) is 11.8 Å². The van der Waals surface area contributed by atoms with Crippen molar-refractivity contribution in [3.05, 3.63) is 29.3 Å². The van der Waals surface area contributed by atoms with Crippen LogP contribution in [0.5, 0.6) is 0 Å². The van der Waals surface area contributed by atoms with Crippen molar-refractivity contribution in [2.75, 3.05) is 6.61 Å². The van der Waals surface area contributed by atoms with Crippen molar-refractivity contribution >= 4 is 17.7 Å². The van der Waals surface area contributed by atoms with Gasteiger partial charge in [-0.2, -0.15) is 5.26 Å². The van der Waals surface area contributed by atoms with Crippen molar-refractivity contribution in [2.24, 2.45) is 0 Å². The van der Waals surface area contributed by atoms with E-state index in [1.54, 1.807) is 26.0 Å². The van der Waals surface area contributed by atoms with Gasteiger partial charge in [-0.05, 0) is 37.7 Å². The smallest absolute Gasteiger partial charge is 0.396 e. The molecule has 0 fully saturated rings. The SMILES string of the molecule is CCOC(=O)c1nnc(Sc2cc(C#N)cc(C)n2)o1. The number of ether oxygens (including phenoxy) is 1. The first-order valence-corrected chi connectivity index (χ1v) is 6.51. The van der Waals surface area contributed by atoms with Gasteiger partial charge in [-0.15, -0.1) is 5.10 Å². The molecule has 0 aromatic carbocycles. The first kappa shape index (κ1) is 14.0. The summed E-state index contributed by atoms with van der Waals surface area (Å²) < 4.78 is 9.90. The van der Waals surface area contributed by atoms with Gasteiger partial charge < -0.3 is 9.15 Å². The van der Waals surface area contributed by atoms with Crippen molar-refractivity contribution in [1.29, 1.82) is 5.26 Å². The van der Waals surface area contributed by atoms with Crippen LogP contribution in [0.3, 0.4) is 0 Å². The van der Waals surface area contributed by atoms with Gasteiger partial charge in [0.25, 0.3) is 5.22 Å². The maximum Gasteiger partial charge on any atom is 0.396 e. The lowest BCUT2D eigenvalue weighted by molar-refractivity contribution is 0.0475. The molecular formula is C12H10N4O3S. The number of aryl methyl sites for hydroxylation is 1. The monoisotopic (exact) mass is 290 g/mol. The van der Waals surface area contributed by atoms with Gasteiger partial charge in [-0.1, -0.05) is 5.10 Å². The van der Waals surface area contributed by atoms with Crippen molar-refractivity contribution in [2.45, 2.75) is 24.1 Å². The molecule has 0 bridgehead atoms. The summed E-state index contributed by atoms with van der Waals surface area (Å²) in [6.07, 6.45) is 0. The van der Waals surface area contributed by atoms with E-state index in [-0.39, 0.29) is 17.7 Å². The summed E-state index contributed by atoms with van der Waals surface area (Å²) in [6, 6.07) is 5.31. The second-order valence-electron chi connectivity index (χ2n) is 3.64. The Bertz CT molecular complexity index is 678. The number of pyridine rings is 1. The van der Waals surface area contributed by atoms with Crippen LogP contribution in [0.25, 0.3) is 0 Å². The van der Waals surface area contributed by atoms with Crippen molar-refractivity contribution in [1.82, 2.24) is 15.2 Å². The molecule has 2 aromatic rings. The summed E-state index contributed by atoms with van der Waals surface area (Å²) in [5.41, 5.74) is 1.20. The predicted octanol–water partition coefficient (Wildman–Crippen LogP) is 1.97. The maximum atomic E-state index is 11.4. The van der Waals surface area contributed by atoms with Gasteiger partial charge in [0.15, 0.2) is 0 Å². The van der Waals surface area contributed by atoms with E-state index in [1.807, 2.05) is 6.07 Å². The zero-order valence-corrected chi connectivity index (χ0v) is 11.6. The molecule has 0 saturated heterocycles. The lowest BCUT2D eigenvalue weighted by atomic mass is 10.2. The van der Waals surface area contributed by atoms with E-state index >= 15 is 0 Å². The number of carbonyl (C=O) groups excluding carboxylic acids is 1. The van der Waals surface area contributed by atoms with Crippen molar-refractivity contribution in [3.8, 4) is 6.07 Å².